The number of imidazole rings is 1. The quantitative estimate of drug-likeness (QED) is 0.766. The predicted molar refractivity (Wildman–Crippen MR) is 97.0 cm³/mol. The third kappa shape index (κ3) is 3.16. The van der Waals surface area contributed by atoms with E-state index in [9.17, 15) is 9.11 Å². The number of nitrogens with zero attached hydrogens (tertiary/aromatic N) is 3. The average Bonchev–Trinajstić information content (AvgIpc) is 2.76. The van der Waals surface area contributed by atoms with Crippen LogP contribution in [-0.2, 0) is 0 Å². The highest BCUT2D eigenvalue weighted by Crippen LogP contribution is 2.42. The van der Waals surface area contributed by atoms with Crippen molar-refractivity contribution in [1.29, 1.82) is 0 Å². The zero-order valence-electron chi connectivity index (χ0n) is 13.4. The molecule has 1 aliphatic heterocycles. The summed E-state index contributed by atoms with van der Waals surface area (Å²) in [6.07, 6.45) is 2.50. The van der Waals surface area contributed by atoms with Gasteiger partial charge in [0.25, 0.3) is 0 Å². The maximum absolute atomic E-state index is 10.0. The summed E-state index contributed by atoms with van der Waals surface area (Å²) in [4.78, 5) is 6.56. The smallest absolute Gasteiger partial charge is 0.119 e. The van der Waals surface area contributed by atoms with Gasteiger partial charge in [0, 0.05) is 30.4 Å². The minimum Gasteiger partial charge on any atom is -0.356 e. The number of aryl methyl sites for hydroxylation is 1. The van der Waals surface area contributed by atoms with Gasteiger partial charge in [0.2, 0.25) is 0 Å². The molecule has 1 fully saturated rings. The summed E-state index contributed by atoms with van der Waals surface area (Å²) in [5.41, 5.74) is 7.97. The lowest BCUT2D eigenvalue weighted by Crippen LogP contribution is -2.30. The highest BCUT2D eigenvalue weighted by Gasteiger charge is 2.25. The van der Waals surface area contributed by atoms with Gasteiger partial charge in [-0.25, -0.2) is 4.98 Å². The molecule has 8 heteroatoms. The van der Waals surface area contributed by atoms with Gasteiger partial charge in [-0.15, -0.1) is 0 Å². The molecule has 0 radical (unpaired) electrons. The van der Waals surface area contributed by atoms with Gasteiger partial charge in [0.05, 0.1) is 22.5 Å². The molecule has 3 heterocycles. The van der Waals surface area contributed by atoms with Crippen LogP contribution < -0.4 is 10.6 Å². The molecule has 1 saturated heterocycles. The van der Waals surface area contributed by atoms with E-state index in [1.54, 1.807) is 6.20 Å². The first-order chi connectivity index (χ1) is 10.8. The molecule has 23 heavy (non-hydrogen) atoms. The van der Waals surface area contributed by atoms with Gasteiger partial charge in [-0.2, -0.15) is 10.6 Å². The number of halogens is 1. The maximum Gasteiger partial charge on any atom is 0.119 e. The Kier molecular flexibility index (Phi) is 4.50. The molecule has 1 atom stereocenters. The first kappa shape index (κ1) is 16.9. The summed E-state index contributed by atoms with van der Waals surface area (Å²) < 4.78 is 22.1. The topological polar surface area (TPSA) is 87.0 Å². The summed E-state index contributed by atoms with van der Waals surface area (Å²) in [5, 5.41) is 0.626. The number of rotatable bonds is 2. The van der Waals surface area contributed by atoms with Crippen molar-refractivity contribution in [2.75, 3.05) is 29.5 Å². The monoisotopic (exact) mass is 358 g/mol. The Balaban J connectivity index is 2.16. The van der Waals surface area contributed by atoms with Gasteiger partial charge < -0.3 is 10.6 Å². The first-order valence-electron chi connectivity index (χ1n) is 7.71. The van der Waals surface area contributed by atoms with Crippen molar-refractivity contribution in [2.24, 2.45) is 5.73 Å². The van der Waals surface area contributed by atoms with Crippen LogP contribution in [0.4, 0.5) is 5.82 Å². The van der Waals surface area contributed by atoms with Crippen molar-refractivity contribution >= 4 is 33.5 Å². The molecule has 0 bridgehead atoms. The van der Waals surface area contributed by atoms with Crippen molar-refractivity contribution < 1.29 is 9.11 Å². The fourth-order valence-corrected chi connectivity index (χ4v) is 4.67. The molecule has 128 valence electrons. The summed E-state index contributed by atoms with van der Waals surface area (Å²) in [6, 6.07) is 1.72. The van der Waals surface area contributed by atoms with E-state index in [2.05, 4.69) is 9.88 Å². The summed E-state index contributed by atoms with van der Waals surface area (Å²) in [6.45, 7) is 5.20. The molecule has 0 amide bonds. The van der Waals surface area contributed by atoms with E-state index in [1.165, 1.54) is 0 Å². The summed E-state index contributed by atoms with van der Waals surface area (Å²) in [5.74, 6) is 2.64. The molecule has 0 spiro atoms. The number of hydrogen-bond donors (Lipinski definition) is 3. The van der Waals surface area contributed by atoms with Crippen LogP contribution in [0, 0.1) is 6.92 Å². The Morgan fingerprint density at radius 2 is 2.09 bits per heavy atom. The maximum atomic E-state index is 10.0. The van der Waals surface area contributed by atoms with Gasteiger partial charge in [0.1, 0.15) is 11.6 Å². The van der Waals surface area contributed by atoms with E-state index >= 15 is 0 Å². The molecule has 1 unspecified atom stereocenters. The van der Waals surface area contributed by atoms with Crippen molar-refractivity contribution in [1.82, 2.24) is 9.38 Å². The lowest BCUT2D eigenvalue weighted by Gasteiger charge is -2.31. The molecule has 0 aliphatic carbocycles. The van der Waals surface area contributed by atoms with Crippen molar-refractivity contribution in [2.45, 2.75) is 26.3 Å². The zero-order chi connectivity index (χ0) is 16.8. The van der Waals surface area contributed by atoms with E-state index in [0.29, 0.717) is 23.1 Å². The lowest BCUT2D eigenvalue weighted by molar-refractivity contribution is 0.488. The van der Waals surface area contributed by atoms with Crippen LogP contribution in [-0.4, -0.2) is 43.1 Å². The highest BCUT2D eigenvalue weighted by atomic mass is 35.5. The van der Waals surface area contributed by atoms with E-state index in [0.717, 1.165) is 35.7 Å². The van der Waals surface area contributed by atoms with E-state index in [4.69, 9.17) is 17.3 Å². The van der Waals surface area contributed by atoms with Crippen LogP contribution in [0.15, 0.2) is 12.3 Å². The number of anilines is 1. The molecule has 6 nitrogen and oxygen atoms in total. The van der Waals surface area contributed by atoms with Gasteiger partial charge in [-0.3, -0.25) is 13.5 Å². The molecular weight excluding hydrogens is 336 g/mol. The highest BCUT2D eigenvalue weighted by molar-refractivity contribution is 8.24. The SMILES string of the molecule is Cc1ncc2c(Cl)cc(C(C)N)c(N3CCCS(O)(O)CC3)n12. The normalized spacial score (nSPS) is 21.2. The second kappa shape index (κ2) is 6.14. The van der Waals surface area contributed by atoms with Crippen LogP contribution in [0.1, 0.15) is 30.8 Å². The Bertz CT molecular complexity index is 732. The molecule has 0 saturated carbocycles. The third-order valence-corrected chi connectivity index (χ3v) is 6.39. The molecule has 2 aromatic heterocycles. The number of aromatic nitrogens is 2. The predicted octanol–water partition coefficient (Wildman–Crippen LogP) is 3.28. The molecule has 3 rings (SSSR count). The fourth-order valence-electron chi connectivity index (χ4n) is 3.11. The van der Waals surface area contributed by atoms with Gasteiger partial charge >= 0.3 is 0 Å². The molecule has 1 aliphatic rings. The van der Waals surface area contributed by atoms with Gasteiger partial charge in [-0.05, 0) is 26.3 Å². The van der Waals surface area contributed by atoms with Crippen molar-refractivity contribution in [3.63, 3.8) is 0 Å². The van der Waals surface area contributed by atoms with Gasteiger partial charge in [0.15, 0.2) is 0 Å². The zero-order valence-corrected chi connectivity index (χ0v) is 14.9. The minimum absolute atomic E-state index is 0.183. The standard InChI is InChI=1S/C15H23ClN4O2S/c1-10(17)12-8-13(16)14-9-18-11(2)20(14)15(12)19-4-3-6-23(21,22)7-5-19/h8-10,21-22H,3-7,17H2,1-2H3. The van der Waals surface area contributed by atoms with Crippen molar-refractivity contribution in [3.8, 4) is 0 Å². The van der Waals surface area contributed by atoms with Crippen LogP contribution in [0.3, 0.4) is 0 Å². The molecular formula is C15H23ClN4O2S. The average molecular weight is 359 g/mol. The second-order valence-corrected chi connectivity index (χ2v) is 8.97. The van der Waals surface area contributed by atoms with Crippen LogP contribution in [0.25, 0.3) is 5.52 Å². The summed E-state index contributed by atoms with van der Waals surface area (Å²) >= 11 is 6.40. The number of pyridine rings is 1. The Morgan fingerprint density at radius 1 is 1.35 bits per heavy atom. The molecule has 0 aromatic carbocycles. The van der Waals surface area contributed by atoms with Crippen LogP contribution >= 0.6 is 22.2 Å². The van der Waals surface area contributed by atoms with Crippen molar-refractivity contribution in [3.05, 3.63) is 28.7 Å². The van der Waals surface area contributed by atoms with Gasteiger partial charge in [-0.1, -0.05) is 11.6 Å². The Hall–Kier alpha value is -0.990. The number of hydrogen-bond acceptors (Lipinski definition) is 5. The van der Waals surface area contributed by atoms with Crippen LogP contribution in [0.2, 0.25) is 5.02 Å². The van der Waals surface area contributed by atoms with E-state index < -0.39 is 10.6 Å². The minimum atomic E-state index is -2.48. The number of fused-ring (bicyclic) bond motifs is 1. The Morgan fingerprint density at radius 3 is 2.78 bits per heavy atom. The largest absolute Gasteiger partial charge is 0.356 e. The second-order valence-electron chi connectivity index (χ2n) is 6.14. The lowest BCUT2D eigenvalue weighted by atomic mass is 10.1. The first-order valence-corrected chi connectivity index (χ1v) is 9.97. The molecule has 2 aromatic rings. The molecule has 4 N–H and O–H groups in total. The fraction of sp³-hybridized carbons (Fsp3) is 0.533. The summed E-state index contributed by atoms with van der Waals surface area (Å²) in [7, 11) is -2.48. The van der Waals surface area contributed by atoms with E-state index in [-0.39, 0.29) is 6.04 Å². The van der Waals surface area contributed by atoms with Crippen LogP contribution in [0.5, 0.6) is 0 Å². The Labute approximate surface area is 142 Å². The third-order valence-electron chi connectivity index (χ3n) is 4.31. The van der Waals surface area contributed by atoms with E-state index in [1.807, 2.05) is 24.3 Å². The number of nitrogens with two attached hydrogens (primary N) is 1.